The Bertz CT molecular complexity index is 1800. The fraction of sp³-hybridized carbons (Fsp3) is 0.714. The van der Waals surface area contributed by atoms with Crippen LogP contribution in [0.5, 0.6) is 0 Å². The highest BCUT2D eigenvalue weighted by Crippen LogP contribution is 2.56. The number of phosphoric ester groups is 3. The Labute approximate surface area is 330 Å². The Morgan fingerprint density at radius 1 is 1.05 bits per heavy atom. The summed E-state index contributed by atoms with van der Waals surface area (Å²) in [5, 5.41) is 35.0. The lowest BCUT2D eigenvalue weighted by Crippen LogP contribution is -2.46. The van der Waals surface area contributed by atoms with Gasteiger partial charge in [-0.2, -0.15) is 0 Å². The molecule has 57 heavy (non-hydrogen) atoms. The van der Waals surface area contributed by atoms with Crippen LogP contribution in [0, 0.1) is 5.41 Å². The van der Waals surface area contributed by atoms with Crippen LogP contribution < -0.4 is 35.9 Å². The van der Waals surface area contributed by atoms with Gasteiger partial charge in [-0.15, -0.1) is 0 Å². The molecule has 2 aromatic heterocycles. The molecule has 25 nitrogen and oxygen atoms in total. The zero-order chi connectivity index (χ0) is 43.4. The molecule has 2 aromatic rings. The molecule has 3 rings (SSSR count). The maximum absolute atomic E-state index is 12.5. The Morgan fingerprint density at radius 3 is 2.30 bits per heavy atom. The zero-order valence-electron chi connectivity index (χ0n) is 31.4. The molecule has 2 unspecified atom stereocenters. The van der Waals surface area contributed by atoms with Crippen molar-refractivity contribution in [3.05, 3.63) is 12.7 Å². The van der Waals surface area contributed by atoms with E-state index in [0.29, 0.717) is 0 Å². The minimum Gasteiger partial charge on any atom is -0.790 e. The number of thioether (sulfide) groups is 1. The van der Waals surface area contributed by atoms with E-state index < -0.39 is 90.7 Å². The average molecular weight is 894 g/mol. The number of nitrogen functional groups attached to an aromatic ring is 1. The third-order valence-corrected chi connectivity index (χ3v) is 11.1. The van der Waals surface area contributed by atoms with Gasteiger partial charge in [0.05, 0.1) is 33.5 Å². The van der Waals surface area contributed by atoms with E-state index in [1.165, 1.54) is 27.2 Å². The van der Waals surface area contributed by atoms with Crippen molar-refractivity contribution >= 4 is 69.1 Å². The van der Waals surface area contributed by atoms with Crippen molar-refractivity contribution in [1.29, 1.82) is 0 Å². The van der Waals surface area contributed by atoms with Crippen molar-refractivity contribution in [1.82, 2.24) is 30.2 Å². The van der Waals surface area contributed by atoms with E-state index in [4.69, 9.17) is 10.5 Å². The lowest BCUT2D eigenvalue weighted by atomic mass is 9.87. The number of fused-ring (bicyclic) bond motifs is 1. The predicted molar refractivity (Wildman–Crippen MR) is 190 cm³/mol. The number of carbonyl (C=O) groups is 3. The number of aliphatic hydroxyl groups is 3. The molecular formula is C28H46N7O18P3S-4. The number of imidazole rings is 1. The Hall–Kier alpha value is -2.48. The summed E-state index contributed by atoms with van der Waals surface area (Å²) in [5.74, 6) is -1.36. The molecule has 1 aliphatic rings. The fourth-order valence-corrected chi connectivity index (χ4v) is 8.10. The molecule has 0 radical (unpaired) electrons. The van der Waals surface area contributed by atoms with Crippen LogP contribution in [0.25, 0.3) is 11.2 Å². The molecule has 29 heteroatoms. The first-order chi connectivity index (χ1) is 26.3. The van der Waals surface area contributed by atoms with E-state index in [1.54, 1.807) is 0 Å². The maximum Gasteiger partial charge on any atom is 0.274 e. The highest BCUT2D eigenvalue weighted by Gasteiger charge is 2.47. The molecule has 1 saturated heterocycles. The molecule has 326 valence electrons. The molecule has 0 saturated carbocycles. The van der Waals surface area contributed by atoms with Crippen LogP contribution >= 0.6 is 35.2 Å². The van der Waals surface area contributed by atoms with Gasteiger partial charge in [0.25, 0.3) is 15.6 Å². The van der Waals surface area contributed by atoms with E-state index >= 15 is 0 Å². The van der Waals surface area contributed by atoms with Gasteiger partial charge in [0.2, 0.25) is 11.8 Å². The second-order valence-electron chi connectivity index (χ2n) is 13.0. The lowest BCUT2D eigenvalue weighted by molar-refractivity contribution is -0.347. The number of nitrogens with one attached hydrogen (secondary N) is 2. The van der Waals surface area contributed by atoms with Crippen molar-refractivity contribution in [2.24, 2.45) is 5.41 Å². The summed E-state index contributed by atoms with van der Waals surface area (Å²) in [5.41, 5.74) is 4.04. The van der Waals surface area contributed by atoms with Crippen LogP contribution in [-0.4, -0.2) is 114 Å². The number of anilines is 1. The van der Waals surface area contributed by atoms with Gasteiger partial charge in [0.15, 0.2) is 22.8 Å². The summed E-state index contributed by atoms with van der Waals surface area (Å²) in [7, 11) is -17.6. The number of aliphatic hydroxyl groups excluding tert-OH is 3. The lowest BCUT2D eigenvalue weighted by Gasteiger charge is -2.36. The number of hydrogen-bond acceptors (Lipinski definition) is 23. The average Bonchev–Trinajstić information content (AvgIpc) is 3.64. The van der Waals surface area contributed by atoms with E-state index in [1.807, 2.05) is 0 Å². The van der Waals surface area contributed by atoms with Crippen molar-refractivity contribution < 1.29 is 85.6 Å². The normalized spacial score (nSPS) is 21.8. The highest BCUT2D eigenvalue weighted by molar-refractivity contribution is 8.13. The number of carbonyl (C=O) groups excluding carboxylic acids is 3. The van der Waals surface area contributed by atoms with Crippen molar-refractivity contribution in [3.63, 3.8) is 0 Å². The van der Waals surface area contributed by atoms with Crippen molar-refractivity contribution in [3.8, 4) is 0 Å². The number of aromatic nitrogens is 4. The first-order valence-electron chi connectivity index (χ1n) is 17.0. The molecule has 1 fully saturated rings. The number of rotatable bonds is 21. The standard InChI is InChI=1S/C25H42N7O18P3S.C3H8/c1-13(33)8-16(35)54-7-6-27-15(34)4-5-28-23(38)20(37)25(2,3)10-47-53(44,45)50-52(42,43)46-9-14-19(49-51(39,40)41)18(36)24(48-14)32-12-31-17-21(26)29-11-30-22(17)32;1-3-2/h11-14,18-20,24,33,36-37H,4-10H2,1-3H3,(H,27,34)(H,28,38)(H,42,43)(H,44,45)(H2,26,29,30)(H2,39,40,41);3H2,1-2H3/p-4/t13-,14-,18-,19-,20+,24-;/m1./s1. The number of ether oxygens (including phenoxy) is 1. The molecule has 3 heterocycles. The molecule has 1 aliphatic heterocycles. The summed E-state index contributed by atoms with van der Waals surface area (Å²) in [6.45, 7) is 5.68. The van der Waals surface area contributed by atoms with Gasteiger partial charge in [0, 0.05) is 37.1 Å². The van der Waals surface area contributed by atoms with Gasteiger partial charge < -0.3 is 74.1 Å². The molecule has 0 bridgehead atoms. The zero-order valence-corrected chi connectivity index (χ0v) is 34.9. The molecule has 2 amide bonds. The van der Waals surface area contributed by atoms with E-state index in [-0.39, 0.29) is 53.8 Å². The summed E-state index contributed by atoms with van der Waals surface area (Å²) >= 11 is 0.927. The Morgan fingerprint density at radius 2 is 1.68 bits per heavy atom. The van der Waals surface area contributed by atoms with Crippen LogP contribution in [0.1, 0.15) is 60.1 Å². The number of nitrogens with two attached hydrogens (primary N) is 1. The van der Waals surface area contributed by atoms with Crippen LogP contribution in [-0.2, 0) is 50.7 Å². The van der Waals surface area contributed by atoms with Crippen LogP contribution in [0.15, 0.2) is 12.7 Å². The Kier molecular flexibility index (Phi) is 19.7. The smallest absolute Gasteiger partial charge is 0.274 e. The van der Waals surface area contributed by atoms with Crippen LogP contribution in [0.4, 0.5) is 5.82 Å². The quantitative estimate of drug-likeness (QED) is 0.0549. The van der Waals surface area contributed by atoms with Crippen LogP contribution in [0.3, 0.4) is 0 Å². The summed E-state index contributed by atoms with van der Waals surface area (Å²) in [6, 6.07) is 0. The number of nitrogens with zero attached hydrogens (tertiary/aromatic N) is 4. The van der Waals surface area contributed by atoms with Gasteiger partial charge in [-0.3, -0.25) is 28.1 Å². The largest absolute Gasteiger partial charge is 0.790 e. The third-order valence-electron chi connectivity index (χ3n) is 7.20. The summed E-state index contributed by atoms with van der Waals surface area (Å²) < 4.78 is 60.3. The topological polar surface area (TPSA) is 395 Å². The number of hydrogen-bond donors (Lipinski definition) is 6. The molecule has 7 N–H and O–H groups in total. The molecule has 8 atom stereocenters. The first kappa shape index (κ1) is 50.7. The molecular weight excluding hydrogens is 847 g/mol. The number of amides is 2. The van der Waals surface area contributed by atoms with Gasteiger partial charge in [-0.1, -0.05) is 45.9 Å². The highest BCUT2D eigenvalue weighted by atomic mass is 32.2. The second kappa shape index (κ2) is 22.2. The van der Waals surface area contributed by atoms with Crippen molar-refractivity contribution in [2.45, 2.75) is 90.6 Å². The molecule has 0 aliphatic carbocycles. The maximum atomic E-state index is 12.5. The third kappa shape index (κ3) is 17.0. The van der Waals surface area contributed by atoms with Gasteiger partial charge in [0.1, 0.15) is 36.3 Å². The van der Waals surface area contributed by atoms with Gasteiger partial charge in [-0.25, -0.2) is 19.3 Å². The Balaban J connectivity index is 0.00000362. The van der Waals surface area contributed by atoms with E-state index in [2.05, 4.69) is 57.3 Å². The second-order valence-corrected chi connectivity index (χ2v) is 18.2. The minimum atomic E-state index is -5.92. The minimum absolute atomic E-state index is 0.0260. The van der Waals surface area contributed by atoms with Gasteiger partial charge in [-0.05, 0) is 6.92 Å². The predicted octanol–water partition coefficient (Wildman–Crippen LogP) is -2.68. The van der Waals surface area contributed by atoms with Gasteiger partial charge >= 0.3 is 0 Å². The first-order valence-corrected chi connectivity index (χ1v) is 22.3. The van der Waals surface area contributed by atoms with E-state index in [9.17, 15) is 63.0 Å². The van der Waals surface area contributed by atoms with Crippen LogP contribution in [0.2, 0.25) is 0 Å². The summed E-state index contributed by atoms with van der Waals surface area (Å²) in [4.78, 5) is 95.3. The molecule has 0 aromatic carbocycles. The fourth-order valence-electron chi connectivity index (χ4n) is 4.57. The number of phosphoric acid groups is 3. The van der Waals surface area contributed by atoms with E-state index in [0.717, 1.165) is 29.0 Å². The SMILES string of the molecule is CCC.C[C@@H](O)CC(=O)SCCNC(=O)CCNC(=O)[C@H](O)C(C)(C)COP(=O)([O-])OP(=O)([O-])OC[C@H]1O[C@@H](n2cnc3c(N)ncnc32)[C@H](O)[C@@H]1OP(=O)([O-])[O-]. The monoisotopic (exact) mass is 893 g/mol. The molecule has 0 spiro atoms. The van der Waals surface area contributed by atoms with Crippen molar-refractivity contribution in [2.75, 3.05) is 37.8 Å². The summed E-state index contributed by atoms with van der Waals surface area (Å²) in [6.07, 6.45) is -7.23.